The molecule has 1 saturated carbocycles. The van der Waals surface area contributed by atoms with Crippen molar-refractivity contribution in [2.45, 2.75) is 26.2 Å². The standard InChI is InChI=1S/C11H13NO3S/c1-5-4-7(5)10-12-8(11(14)15-3)9(16-10)6(2)13/h5,7H,4H2,1-3H3. The van der Waals surface area contributed by atoms with Crippen LogP contribution in [-0.2, 0) is 4.74 Å². The molecule has 4 nitrogen and oxygen atoms in total. The predicted molar refractivity (Wildman–Crippen MR) is 60.0 cm³/mol. The number of Topliss-reactive ketones (excluding diaryl/α,β-unsaturated/α-hetero) is 1. The first-order valence-electron chi connectivity index (χ1n) is 5.14. The van der Waals surface area contributed by atoms with Gasteiger partial charge in [0.2, 0.25) is 0 Å². The van der Waals surface area contributed by atoms with Crippen LogP contribution in [0.2, 0.25) is 0 Å². The van der Waals surface area contributed by atoms with E-state index in [9.17, 15) is 9.59 Å². The van der Waals surface area contributed by atoms with Gasteiger partial charge in [-0.3, -0.25) is 4.79 Å². The number of thiazole rings is 1. The van der Waals surface area contributed by atoms with Gasteiger partial charge in [-0.1, -0.05) is 6.92 Å². The number of carbonyl (C=O) groups excluding carboxylic acids is 2. The van der Waals surface area contributed by atoms with Crippen LogP contribution in [0.1, 0.15) is 51.4 Å². The zero-order valence-corrected chi connectivity index (χ0v) is 10.3. The number of ketones is 1. The minimum Gasteiger partial charge on any atom is -0.464 e. The van der Waals surface area contributed by atoms with Crippen LogP contribution in [0.15, 0.2) is 0 Å². The van der Waals surface area contributed by atoms with E-state index >= 15 is 0 Å². The summed E-state index contributed by atoms with van der Waals surface area (Å²) in [5.74, 6) is 0.372. The SMILES string of the molecule is COC(=O)c1nc(C2CC2C)sc1C(C)=O. The molecule has 1 aromatic heterocycles. The van der Waals surface area contributed by atoms with Crippen molar-refractivity contribution < 1.29 is 14.3 Å². The van der Waals surface area contributed by atoms with E-state index in [2.05, 4.69) is 16.6 Å². The lowest BCUT2D eigenvalue weighted by Crippen LogP contribution is -2.07. The van der Waals surface area contributed by atoms with Crippen LogP contribution < -0.4 is 0 Å². The highest BCUT2D eigenvalue weighted by Gasteiger charge is 2.38. The summed E-state index contributed by atoms with van der Waals surface area (Å²) in [6.07, 6.45) is 1.09. The molecule has 0 bridgehead atoms. The molecule has 1 aliphatic carbocycles. The molecule has 1 fully saturated rings. The van der Waals surface area contributed by atoms with E-state index in [4.69, 9.17) is 0 Å². The Morgan fingerprint density at radius 3 is 2.56 bits per heavy atom. The normalized spacial score (nSPS) is 22.9. The van der Waals surface area contributed by atoms with Crippen LogP contribution in [0.4, 0.5) is 0 Å². The molecule has 86 valence electrons. The molecule has 5 heteroatoms. The van der Waals surface area contributed by atoms with Gasteiger partial charge < -0.3 is 4.74 Å². The summed E-state index contributed by atoms with van der Waals surface area (Å²) in [5.41, 5.74) is 0.175. The minimum atomic E-state index is -0.527. The van der Waals surface area contributed by atoms with Crippen molar-refractivity contribution in [2.24, 2.45) is 5.92 Å². The Morgan fingerprint density at radius 1 is 1.50 bits per heavy atom. The van der Waals surface area contributed by atoms with E-state index < -0.39 is 5.97 Å². The van der Waals surface area contributed by atoms with Crippen molar-refractivity contribution in [3.8, 4) is 0 Å². The van der Waals surface area contributed by atoms with Crippen LogP contribution in [-0.4, -0.2) is 23.8 Å². The number of hydrogen-bond acceptors (Lipinski definition) is 5. The Bertz CT molecular complexity index is 452. The van der Waals surface area contributed by atoms with Gasteiger partial charge in [-0.2, -0.15) is 0 Å². The Morgan fingerprint density at radius 2 is 2.12 bits per heavy atom. The molecule has 2 rings (SSSR count). The summed E-state index contributed by atoms with van der Waals surface area (Å²) in [6.45, 7) is 3.58. The van der Waals surface area contributed by atoms with Gasteiger partial charge in [0.05, 0.1) is 12.1 Å². The third kappa shape index (κ3) is 1.87. The van der Waals surface area contributed by atoms with Gasteiger partial charge >= 0.3 is 5.97 Å². The highest BCUT2D eigenvalue weighted by atomic mass is 32.1. The summed E-state index contributed by atoms with van der Waals surface area (Å²) in [6, 6.07) is 0. The molecule has 16 heavy (non-hydrogen) atoms. The third-order valence-corrected chi connectivity index (χ3v) is 4.06. The second kappa shape index (κ2) is 3.97. The lowest BCUT2D eigenvalue weighted by atomic mass is 10.3. The van der Waals surface area contributed by atoms with Gasteiger partial charge in [0.15, 0.2) is 11.5 Å². The molecule has 0 aliphatic heterocycles. The number of rotatable bonds is 3. The number of ether oxygens (including phenoxy) is 1. The molecule has 1 aromatic rings. The summed E-state index contributed by atoms with van der Waals surface area (Å²) >= 11 is 1.32. The first-order valence-corrected chi connectivity index (χ1v) is 5.96. The molecule has 0 radical (unpaired) electrons. The second-order valence-electron chi connectivity index (χ2n) is 4.10. The lowest BCUT2D eigenvalue weighted by Gasteiger charge is -1.95. The van der Waals surface area contributed by atoms with Crippen LogP contribution in [0.25, 0.3) is 0 Å². The van der Waals surface area contributed by atoms with Gasteiger partial charge in [-0.05, 0) is 12.3 Å². The van der Waals surface area contributed by atoms with Crippen molar-refractivity contribution in [3.05, 3.63) is 15.6 Å². The quantitative estimate of drug-likeness (QED) is 0.599. The van der Waals surface area contributed by atoms with E-state index in [1.54, 1.807) is 0 Å². The van der Waals surface area contributed by atoms with Crippen molar-refractivity contribution >= 4 is 23.1 Å². The number of carbonyl (C=O) groups is 2. The van der Waals surface area contributed by atoms with Gasteiger partial charge in [0.1, 0.15) is 4.88 Å². The lowest BCUT2D eigenvalue weighted by molar-refractivity contribution is 0.0591. The fraction of sp³-hybridized carbons (Fsp3) is 0.545. The fourth-order valence-corrected chi connectivity index (χ4v) is 2.83. The Kier molecular flexibility index (Phi) is 2.80. The van der Waals surface area contributed by atoms with Gasteiger partial charge in [0.25, 0.3) is 0 Å². The van der Waals surface area contributed by atoms with Crippen molar-refractivity contribution in [3.63, 3.8) is 0 Å². The average Bonchev–Trinajstić information content (AvgIpc) is 2.82. The Balaban J connectivity index is 2.38. The van der Waals surface area contributed by atoms with E-state index in [-0.39, 0.29) is 11.5 Å². The number of nitrogens with zero attached hydrogens (tertiary/aromatic N) is 1. The van der Waals surface area contributed by atoms with E-state index in [1.165, 1.54) is 25.4 Å². The first kappa shape index (κ1) is 11.3. The topological polar surface area (TPSA) is 56.3 Å². The molecule has 1 heterocycles. The van der Waals surface area contributed by atoms with Crippen LogP contribution in [0.3, 0.4) is 0 Å². The maximum atomic E-state index is 11.4. The van der Waals surface area contributed by atoms with Crippen LogP contribution in [0, 0.1) is 5.92 Å². The van der Waals surface area contributed by atoms with Crippen LogP contribution >= 0.6 is 11.3 Å². The molecule has 1 aliphatic rings. The van der Waals surface area contributed by atoms with E-state index in [0.717, 1.165) is 11.4 Å². The first-order chi connectivity index (χ1) is 7.54. The maximum Gasteiger partial charge on any atom is 0.358 e. The third-order valence-electron chi connectivity index (χ3n) is 2.77. The highest BCUT2D eigenvalue weighted by Crippen LogP contribution is 2.48. The van der Waals surface area contributed by atoms with E-state index in [0.29, 0.717) is 16.7 Å². The van der Waals surface area contributed by atoms with Crippen LogP contribution in [0.5, 0.6) is 0 Å². The Hall–Kier alpha value is -1.23. The summed E-state index contributed by atoms with van der Waals surface area (Å²) < 4.78 is 4.62. The molecule has 0 N–H and O–H groups in total. The van der Waals surface area contributed by atoms with Gasteiger partial charge in [0, 0.05) is 12.8 Å². The highest BCUT2D eigenvalue weighted by molar-refractivity contribution is 7.14. The molecule has 0 saturated heterocycles. The number of esters is 1. The summed E-state index contributed by atoms with van der Waals surface area (Å²) in [5, 5.41) is 0.887. The average molecular weight is 239 g/mol. The van der Waals surface area contributed by atoms with Crippen molar-refractivity contribution in [1.82, 2.24) is 4.98 Å². The molecular formula is C11H13NO3S. The minimum absolute atomic E-state index is 0.127. The number of aromatic nitrogens is 1. The van der Waals surface area contributed by atoms with Crippen molar-refractivity contribution in [2.75, 3.05) is 7.11 Å². The largest absolute Gasteiger partial charge is 0.464 e. The summed E-state index contributed by atoms with van der Waals surface area (Å²) in [7, 11) is 1.30. The zero-order chi connectivity index (χ0) is 11.9. The second-order valence-corrected chi connectivity index (χ2v) is 5.13. The maximum absolute atomic E-state index is 11.4. The Labute approximate surface area is 97.6 Å². The zero-order valence-electron chi connectivity index (χ0n) is 9.44. The predicted octanol–water partition coefficient (Wildman–Crippen LogP) is 2.26. The number of methoxy groups -OCH3 is 1. The monoisotopic (exact) mass is 239 g/mol. The molecular weight excluding hydrogens is 226 g/mol. The fourth-order valence-electron chi connectivity index (χ4n) is 1.64. The van der Waals surface area contributed by atoms with E-state index in [1.807, 2.05) is 0 Å². The smallest absolute Gasteiger partial charge is 0.358 e. The number of hydrogen-bond donors (Lipinski definition) is 0. The van der Waals surface area contributed by atoms with Crippen molar-refractivity contribution in [1.29, 1.82) is 0 Å². The van der Waals surface area contributed by atoms with Gasteiger partial charge in [-0.25, -0.2) is 9.78 Å². The molecule has 2 atom stereocenters. The molecule has 0 amide bonds. The summed E-state index contributed by atoms with van der Waals surface area (Å²) in [4.78, 5) is 27.5. The molecule has 0 aromatic carbocycles. The molecule has 2 unspecified atom stereocenters. The van der Waals surface area contributed by atoms with Gasteiger partial charge in [-0.15, -0.1) is 11.3 Å². The molecule has 0 spiro atoms.